The first-order valence-electron chi connectivity index (χ1n) is 8.37. The molecule has 1 heterocycles. The lowest BCUT2D eigenvalue weighted by Gasteiger charge is -2.34. The summed E-state index contributed by atoms with van der Waals surface area (Å²) in [4.78, 5) is 37.9. The molecule has 0 saturated carbocycles. The molecule has 2 N–H and O–H groups in total. The Morgan fingerprint density at radius 2 is 1.72 bits per heavy atom. The first kappa shape index (κ1) is 19.2. The highest BCUT2D eigenvalue weighted by molar-refractivity contribution is 6.30. The van der Waals surface area contributed by atoms with Crippen molar-refractivity contribution in [3.05, 3.63) is 34.9 Å². The van der Waals surface area contributed by atoms with Crippen LogP contribution in [0, 0.1) is 11.8 Å². The van der Waals surface area contributed by atoms with Gasteiger partial charge in [0.05, 0.1) is 5.92 Å². The van der Waals surface area contributed by atoms with Crippen molar-refractivity contribution in [3.8, 4) is 0 Å². The number of nitrogens with zero attached hydrogens (tertiary/aromatic N) is 1. The van der Waals surface area contributed by atoms with Crippen LogP contribution in [0.25, 0.3) is 0 Å². The number of carbonyl (C=O) groups excluding carboxylic acids is 2. The minimum atomic E-state index is -0.816. The zero-order chi connectivity index (χ0) is 18.6. The molecule has 0 aromatic heterocycles. The summed E-state index contributed by atoms with van der Waals surface area (Å²) < 4.78 is 0. The molecule has 0 aliphatic carbocycles. The van der Waals surface area contributed by atoms with Crippen LogP contribution in [0.4, 0.5) is 0 Å². The van der Waals surface area contributed by atoms with E-state index in [9.17, 15) is 14.4 Å². The summed E-state index contributed by atoms with van der Waals surface area (Å²) in [7, 11) is 0. The first-order chi connectivity index (χ1) is 11.8. The molecule has 136 valence electrons. The second kappa shape index (κ2) is 8.34. The lowest BCUT2D eigenvalue weighted by atomic mass is 9.95. The summed E-state index contributed by atoms with van der Waals surface area (Å²) in [5, 5.41) is 12.4. The highest BCUT2D eigenvalue weighted by Gasteiger charge is 2.33. The zero-order valence-electron chi connectivity index (χ0n) is 14.4. The van der Waals surface area contributed by atoms with Gasteiger partial charge in [-0.2, -0.15) is 0 Å². The maximum absolute atomic E-state index is 12.8. The molecule has 1 aromatic rings. The van der Waals surface area contributed by atoms with Crippen molar-refractivity contribution in [2.24, 2.45) is 11.8 Å². The second-order valence-electron chi connectivity index (χ2n) is 6.64. The molecule has 1 atom stereocenters. The lowest BCUT2D eigenvalue weighted by molar-refractivity contribution is -0.146. The van der Waals surface area contributed by atoms with Crippen molar-refractivity contribution in [1.29, 1.82) is 0 Å². The van der Waals surface area contributed by atoms with Crippen LogP contribution in [0.1, 0.15) is 37.0 Å². The van der Waals surface area contributed by atoms with Crippen molar-refractivity contribution in [3.63, 3.8) is 0 Å². The molecule has 1 fully saturated rings. The summed E-state index contributed by atoms with van der Waals surface area (Å²) in [6.07, 6.45) is 0.883. The van der Waals surface area contributed by atoms with Crippen LogP contribution in [-0.4, -0.2) is 46.9 Å². The number of piperidine rings is 1. The fraction of sp³-hybridized carbons (Fsp3) is 0.500. The van der Waals surface area contributed by atoms with Crippen molar-refractivity contribution < 1.29 is 19.5 Å². The summed E-state index contributed by atoms with van der Waals surface area (Å²) in [5.41, 5.74) is 0.437. The van der Waals surface area contributed by atoms with Gasteiger partial charge < -0.3 is 15.3 Å². The van der Waals surface area contributed by atoms with E-state index in [1.54, 1.807) is 29.2 Å². The van der Waals surface area contributed by atoms with E-state index in [-0.39, 0.29) is 17.7 Å². The molecule has 0 radical (unpaired) electrons. The SMILES string of the molecule is CC(C)[C@@H](NC(=O)c1ccc(Cl)cc1)C(=O)N1CCC(C(=O)O)CC1. The molecule has 25 heavy (non-hydrogen) atoms. The monoisotopic (exact) mass is 366 g/mol. The molecule has 0 unspecified atom stereocenters. The van der Waals surface area contributed by atoms with Crippen molar-refractivity contribution >= 4 is 29.4 Å². The average Bonchev–Trinajstić information content (AvgIpc) is 2.59. The number of hydrogen-bond donors (Lipinski definition) is 2. The Morgan fingerprint density at radius 3 is 2.20 bits per heavy atom. The van der Waals surface area contributed by atoms with Crippen LogP contribution in [0.2, 0.25) is 5.02 Å². The third kappa shape index (κ3) is 4.95. The third-order valence-electron chi connectivity index (χ3n) is 4.48. The molecule has 2 amide bonds. The van der Waals surface area contributed by atoms with Crippen LogP contribution in [0.3, 0.4) is 0 Å². The number of nitrogens with one attached hydrogen (secondary N) is 1. The fourth-order valence-corrected chi connectivity index (χ4v) is 3.01. The summed E-state index contributed by atoms with van der Waals surface area (Å²) in [6.45, 7) is 4.54. The van der Waals surface area contributed by atoms with Crippen LogP contribution >= 0.6 is 11.6 Å². The van der Waals surface area contributed by atoms with E-state index >= 15 is 0 Å². The van der Waals surface area contributed by atoms with Crippen LogP contribution in [0.5, 0.6) is 0 Å². The van der Waals surface area contributed by atoms with E-state index in [1.165, 1.54) is 0 Å². The lowest BCUT2D eigenvalue weighted by Crippen LogP contribution is -2.53. The number of amides is 2. The zero-order valence-corrected chi connectivity index (χ0v) is 15.1. The normalized spacial score (nSPS) is 16.6. The minimum Gasteiger partial charge on any atom is -0.481 e. The Kier molecular flexibility index (Phi) is 6.42. The Hall–Kier alpha value is -2.08. The number of carboxylic acid groups (broad SMARTS) is 1. The molecule has 0 bridgehead atoms. The van der Waals surface area contributed by atoms with E-state index in [1.807, 2.05) is 13.8 Å². The number of carboxylic acids is 1. The number of aliphatic carboxylic acids is 1. The molecular weight excluding hydrogens is 344 g/mol. The van der Waals surface area contributed by atoms with Gasteiger partial charge in [-0.3, -0.25) is 14.4 Å². The quantitative estimate of drug-likeness (QED) is 0.837. The Labute approximate surface area is 152 Å². The summed E-state index contributed by atoms with van der Waals surface area (Å²) in [6, 6.07) is 5.82. The van der Waals surface area contributed by atoms with Gasteiger partial charge in [-0.1, -0.05) is 25.4 Å². The number of benzene rings is 1. The highest BCUT2D eigenvalue weighted by atomic mass is 35.5. The van der Waals surface area contributed by atoms with E-state index in [4.69, 9.17) is 16.7 Å². The molecule has 6 nitrogen and oxygen atoms in total. The summed E-state index contributed by atoms with van der Waals surface area (Å²) >= 11 is 5.82. The van der Waals surface area contributed by atoms with Crippen LogP contribution in [0.15, 0.2) is 24.3 Å². The molecule has 0 spiro atoms. The van der Waals surface area contributed by atoms with E-state index in [2.05, 4.69) is 5.32 Å². The molecule has 1 saturated heterocycles. The first-order valence-corrected chi connectivity index (χ1v) is 8.75. The molecule has 1 aliphatic rings. The number of hydrogen-bond acceptors (Lipinski definition) is 3. The van der Waals surface area contributed by atoms with E-state index < -0.39 is 17.9 Å². The maximum atomic E-state index is 12.8. The molecular formula is C18H23ClN2O4. The molecule has 7 heteroatoms. The van der Waals surface area contributed by atoms with Gasteiger partial charge in [-0.25, -0.2) is 0 Å². The van der Waals surface area contributed by atoms with Crippen molar-refractivity contribution in [2.75, 3.05) is 13.1 Å². The number of rotatable bonds is 5. The molecule has 1 aromatic carbocycles. The highest BCUT2D eigenvalue weighted by Crippen LogP contribution is 2.19. The van der Waals surface area contributed by atoms with Crippen molar-refractivity contribution in [1.82, 2.24) is 10.2 Å². The number of carbonyl (C=O) groups is 3. The predicted octanol–water partition coefficient (Wildman–Crippen LogP) is 2.42. The van der Waals surface area contributed by atoms with Gasteiger partial charge in [0.25, 0.3) is 5.91 Å². The van der Waals surface area contributed by atoms with Crippen LogP contribution < -0.4 is 5.32 Å². The third-order valence-corrected chi connectivity index (χ3v) is 4.73. The predicted molar refractivity (Wildman–Crippen MR) is 94.5 cm³/mol. The number of likely N-dealkylation sites (tertiary alicyclic amines) is 1. The van der Waals surface area contributed by atoms with Gasteiger partial charge in [0.1, 0.15) is 6.04 Å². The Balaban J connectivity index is 2.02. The van der Waals surface area contributed by atoms with E-state index in [0.717, 1.165) is 0 Å². The van der Waals surface area contributed by atoms with Gasteiger partial charge in [0.2, 0.25) is 5.91 Å². The van der Waals surface area contributed by atoms with Gasteiger partial charge in [-0.05, 0) is 43.0 Å². The fourth-order valence-electron chi connectivity index (χ4n) is 2.88. The molecule has 2 rings (SSSR count). The minimum absolute atomic E-state index is 0.0825. The van der Waals surface area contributed by atoms with E-state index in [0.29, 0.717) is 36.5 Å². The smallest absolute Gasteiger partial charge is 0.306 e. The maximum Gasteiger partial charge on any atom is 0.306 e. The number of halogens is 1. The summed E-state index contributed by atoms with van der Waals surface area (Å²) in [5.74, 6) is -1.79. The van der Waals surface area contributed by atoms with Crippen molar-refractivity contribution in [2.45, 2.75) is 32.7 Å². The van der Waals surface area contributed by atoms with Gasteiger partial charge in [-0.15, -0.1) is 0 Å². The van der Waals surface area contributed by atoms with Crippen LogP contribution in [-0.2, 0) is 9.59 Å². The topological polar surface area (TPSA) is 86.7 Å². The molecule has 1 aliphatic heterocycles. The largest absolute Gasteiger partial charge is 0.481 e. The van der Waals surface area contributed by atoms with Gasteiger partial charge in [0.15, 0.2) is 0 Å². The Morgan fingerprint density at radius 1 is 1.16 bits per heavy atom. The Bertz CT molecular complexity index is 637. The van der Waals surface area contributed by atoms with Gasteiger partial charge >= 0.3 is 5.97 Å². The average molecular weight is 367 g/mol. The van der Waals surface area contributed by atoms with Gasteiger partial charge in [0, 0.05) is 23.7 Å². The standard InChI is InChI=1S/C18H23ClN2O4/c1-11(2)15(20-16(22)12-3-5-14(19)6-4-12)17(23)21-9-7-13(8-10-21)18(24)25/h3-6,11,13,15H,7-10H2,1-2H3,(H,20,22)(H,24,25)/t15-/m1/s1. The second-order valence-corrected chi connectivity index (χ2v) is 7.08.